The van der Waals surface area contributed by atoms with Gasteiger partial charge in [-0.15, -0.1) is 11.3 Å². The van der Waals surface area contributed by atoms with Crippen LogP contribution in [0.15, 0.2) is 33.1 Å². The first-order valence-corrected chi connectivity index (χ1v) is 6.59. The highest BCUT2D eigenvalue weighted by Gasteiger charge is 2.09. The van der Waals surface area contributed by atoms with Crippen molar-refractivity contribution < 1.29 is 0 Å². The number of thiophene rings is 1. The van der Waals surface area contributed by atoms with E-state index in [4.69, 9.17) is 11.6 Å². The Labute approximate surface area is 102 Å². The normalized spacial score (nSPS) is 10.5. The van der Waals surface area contributed by atoms with E-state index in [0.717, 1.165) is 17.0 Å². The van der Waals surface area contributed by atoms with Crippen LogP contribution in [0.4, 0.5) is 0 Å². The maximum atomic E-state index is 6.01. The number of aromatic nitrogens is 2. The van der Waals surface area contributed by atoms with Crippen molar-refractivity contribution in [2.24, 2.45) is 0 Å². The van der Waals surface area contributed by atoms with E-state index in [1.165, 1.54) is 10.5 Å². The van der Waals surface area contributed by atoms with Crippen molar-refractivity contribution in [3.8, 4) is 0 Å². The highest BCUT2D eigenvalue weighted by atomic mass is 35.5. The largest absolute Gasteiger partial charge is 0.229 e. The summed E-state index contributed by atoms with van der Waals surface area (Å²) in [6.45, 7) is 2.06. The van der Waals surface area contributed by atoms with Crippen LogP contribution in [0.3, 0.4) is 0 Å². The number of rotatable bonds is 3. The van der Waals surface area contributed by atoms with Crippen LogP contribution in [0.2, 0.25) is 5.15 Å². The van der Waals surface area contributed by atoms with Crippen molar-refractivity contribution in [1.29, 1.82) is 0 Å². The van der Waals surface area contributed by atoms with Gasteiger partial charge in [0.2, 0.25) is 0 Å². The van der Waals surface area contributed by atoms with Crippen molar-refractivity contribution in [3.63, 3.8) is 0 Å². The highest BCUT2D eigenvalue weighted by molar-refractivity contribution is 8.01. The van der Waals surface area contributed by atoms with Gasteiger partial charge in [0.25, 0.3) is 0 Å². The molecule has 2 aromatic rings. The van der Waals surface area contributed by atoms with Crippen LogP contribution in [-0.2, 0) is 6.42 Å². The molecule has 0 fully saturated rings. The van der Waals surface area contributed by atoms with E-state index in [-0.39, 0.29) is 0 Å². The Morgan fingerprint density at radius 1 is 1.47 bits per heavy atom. The lowest BCUT2D eigenvalue weighted by Gasteiger charge is -2.05. The molecule has 0 aliphatic carbocycles. The topological polar surface area (TPSA) is 25.8 Å². The molecule has 0 aliphatic heterocycles. The van der Waals surface area contributed by atoms with Gasteiger partial charge in [-0.2, -0.15) is 0 Å². The minimum Gasteiger partial charge on any atom is -0.229 e. The highest BCUT2D eigenvalue weighted by Crippen LogP contribution is 2.33. The van der Waals surface area contributed by atoms with Crippen LogP contribution in [0.5, 0.6) is 0 Å². The summed E-state index contributed by atoms with van der Waals surface area (Å²) in [7, 11) is 0. The average Bonchev–Trinajstić information content (AvgIpc) is 2.71. The molecule has 0 aromatic carbocycles. The molecule has 78 valence electrons. The van der Waals surface area contributed by atoms with Gasteiger partial charge in [0.15, 0.2) is 0 Å². The van der Waals surface area contributed by atoms with Crippen LogP contribution in [0.25, 0.3) is 0 Å². The van der Waals surface area contributed by atoms with Crippen LogP contribution in [-0.4, -0.2) is 9.97 Å². The molecule has 0 amide bonds. The molecule has 0 aliphatic rings. The lowest BCUT2D eigenvalue weighted by Crippen LogP contribution is -1.93. The summed E-state index contributed by atoms with van der Waals surface area (Å²) >= 11 is 9.35. The molecule has 2 rings (SSSR count). The van der Waals surface area contributed by atoms with E-state index in [1.807, 2.05) is 6.07 Å². The fourth-order valence-corrected chi connectivity index (χ4v) is 3.35. The summed E-state index contributed by atoms with van der Waals surface area (Å²) in [6, 6.07) is 4.10. The molecule has 0 bridgehead atoms. The van der Waals surface area contributed by atoms with Crippen LogP contribution in [0, 0.1) is 0 Å². The molecule has 0 saturated carbocycles. The van der Waals surface area contributed by atoms with Gasteiger partial charge >= 0.3 is 0 Å². The maximum Gasteiger partial charge on any atom is 0.136 e. The molecule has 15 heavy (non-hydrogen) atoms. The van der Waals surface area contributed by atoms with Crippen LogP contribution in [0.1, 0.15) is 12.5 Å². The molecule has 0 saturated heterocycles. The van der Waals surface area contributed by atoms with Gasteiger partial charge in [-0.3, -0.25) is 0 Å². The van der Waals surface area contributed by atoms with E-state index in [2.05, 4.69) is 28.3 Å². The van der Waals surface area contributed by atoms with Crippen molar-refractivity contribution >= 4 is 34.7 Å². The Balaban J connectivity index is 2.32. The summed E-state index contributed by atoms with van der Waals surface area (Å²) in [5.74, 6) is 0. The first-order valence-electron chi connectivity index (χ1n) is 4.52. The standard InChI is InChI=1S/C10H9ClN2S2/c1-2-7-9(11)12-6-13-10(7)15-8-4-3-5-14-8/h3-6H,2H2,1H3. The average molecular weight is 257 g/mol. The summed E-state index contributed by atoms with van der Waals surface area (Å²) in [5.41, 5.74) is 1.03. The molecular formula is C10H9ClN2S2. The summed E-state index contributed by atoms with van der Waals surface area (Å²) in [4.78, 5) is 8.24. The second-order valence-corrected chi connectivity index (χ2v) is 5.43. The van der Waals surface area contributed by atoms with Crippen molar-refractivity contribution in [1.82, 2.24) is 9.97 Å². The minimum atomic E-state index is 0.562. The predicted molar refractivity (Wildman–Crippen MR) is 64.9 cm³/mol. The van der Waals surface area contributed by atoms with Gasteiger partial charge in [0.1, 0.15) is 16.5 Å². The number of halogens is 1. The molecule has 0 spiro atoms. The zero-order valence-corrected chi connectivity index (χ0v) is 10.5. The Hall–Kier alpha value is -0.580. The van der Waals surface area contributed by atoms with Crippen molar-refractivity contribution in [2.45, 2.75) is 22.6 Å². The van der Waals surface area contributed by atoms with Gasteiger partial charge in [-0.1, -0.05) is 36.4 Å². The predicted octanol–water partition coefficient (Wildman–Crippen LogP) is 3.91. The van der Waals surface area contributed by atoms with Gasteiger partial charge in [-0.05, 0) is 17.9 Å². The van der Waals surface area contributed by atoms with Gasteiger partial charge < -0.3 is 0 Å². The van der Waals surface area contributed by atoms with E-state index in [1.54, 1.807) is 23.1 Å². The monoisotopic (exact) mass is 256 g/mol. The second kappa shape index (κ2) is 4.96. The van der Waals surface area contributed by atoms with E-state index >= 15 is 0 Å². The van der Waals surface area contributed by atoms with Crippen molar-refractivity contribution in [3.05, 3.63) is 34.6 Å². The van der Waals surface area contributed by atoms with E-state index in [0.29, 0.717) is 5.15 Å². The zero-order valence-electron chi connectivity index (χ0n) is 8.11. The Bertz CT molecular complexity index is 443. The molecule has 2 heterocycles. The molecule has 0 atom stereocenters. The molecular weight excluding hydrogens is 248 g/mol. The zero-order chi connectivity index (χ0) is 10.7. The Morgan fingerprint density at radius 3 is 3.00 bits per heavy atom. The molecule has 0 radical (unpaired) electrons. The molecule has 2 nitrogen and oxygen atoms in total. The number of hydrogen-bond donors (Lipinski definition) is 0. The van der Waals surface area contributed by atoms with E-state index < -0.39 is 0 Å². The molecule has 0 unspecified atom stereocenters. The maximum absolute atomic E-state index is 6.01. The molecule has 2 aromatic heterocycles. The second-order valence-electron chi connectivity index (χ2n) is 2.84. The van der Waals surface area contributed by atoms with Gasteiger partial charge in [0.05, 0.1) is 4.21 Å². The van der Waals surface area contributed by atoms with Crippen LogP contribution >= 0.6 is 34.7 Å². The lowest BCUT2D eigenvalue weighted by atomic mass is 10.3. The lowest BCUT2D eigenvalue weighted by molar-refractivity contribution is 0.945. The summed E-state index contributed by atoms with van der Waals surface area (Å²) in [5, 5.41) is 3.57. The molecule has 0 N–H and O–H groups in total. The smallest absolute Gasteiger partial charge is 0.136 e. The number of hydrogen-bond acceptors (Lipinski definition) is 4. The SMILES string of the molecule is CCc1c(Cl)ncnc1Sc1cccs1. The van der Waals surface area contributed by atoms with E-state index in [9.17, 15) is 0 Å². The number of nitrogens with zero attached hydrogens (tertiary/aromatic N) is 2. The summed E-state index contributed by atoms with van der Waals surface area (Å²) < 4.78 is 1.22. The fourth-order valence-electron chi connectivity index (χ4n) is 1.18. The van der Waals surface area contributed by atoms with Gasteiger partial charge in [0, 0.05) is 5.56 Å². The quantitative estimate of drug-likeness (QED) is 0.779. The van der Waals surface area contributed by atoms with Crippen LogP contribution < -0.4 is 0 Å². The third kappa shape index (κ3) is 2.51. The minimum absolute atomic E-state index is 0.562. The van der Waals surface area contributed by atoms with Gasteiger partial charge in [-0.25, -0.2) is 9.97 Å². The Kier molecular flexibility index (Phi) is 3.61. The third-order valence-corrected chi connectivity index (χ3v) is 4.31. The summed E-state index contributed by atoms with van der Waals surface area (Å²) in [6.07, 6.45) is 2.37. The molecule has 5 heteroatoms. The fraction of sp³-hybridized carbons (Fsp3) is 0.200. The third-order valence-electron chi connectivity index (χ3n) is 1.90. The first kappa shape index (κ1) is 10.9. The van der Waals surface area contributed by atoms with Crippen molar-refractivity contribution in [2.75, 3.05) is 0 Å². The Morgan fingerprint density at radius 2 is 2.33 bits per heavy atom. The first-order chi connectivity index (χ1) is 7.31.